The zero-order chi connectivity index (χ0) is 4.50. The molecule has 0 aliphatic heterocycles. The summed E-state index contributed by atoms with van der Waals surface area (Å²) in [6, 6.07) is 0. The summed E-state index contributed by atoms with van der Waals surface area (Å²) in [4.78, 5) is 24.3. The zero-order valence-corrected chi connectivity index (χ0v) is 7.88. The predicted octanol–water partition coefficient (Wildman–Crippen LogP) is -5.31. The quantitative estimate of drug-likeness (QED) is 0.304. The van der Waals surface area contributed by atoms with Gasteiger partial charge in [-0.05, 0) is 0 Å². The molecule has 1 radical (unpaired) electrons. The average molecular weight is 191 g/mol. The monoisotopic (exact) mass is 191 g/mol. The Bertz CT molecular complexity index is 58.6. The van der Waals surface area contributed by atoms with Gasteiger partial charge < -0.3 is 24.7 Å². The molecule has 0 amide bonds. The Morgan fingerprint density at radius 2 is 1.38 bits per heavy atom. The van der Waals surface area contributed by atoms with E-state index in [4.69, 9.17) is 19.2 Å². The molecule has 8 heavy (non-hydrogen) atoms. The third kappa shape index (κ3) is 130. The van der Waals surface area contributed by atoms with Crippen molar-refractivity contribution in [3.8, 4) is 0 Å². The van der Waals surface area contributed by atoms with E-state index in [1.54, 1.807) is 0 Å². The molecule has 0 aromatic heterocycles. The van der Waals surface area contributed by atoms with Gasteiger partial charge in [-0.1, -0.05) is 0 Å². The molecule has 0 atom stereocenters. The van der Waals surface area contributed by atoms with E-state index in [1.807, 2.05) is 0 Å². The van der Waals surface area contributed by atoms with Crippen LogP contribution in [-0.4, -0.2) is 4.89 Å². The van der Waals surface area contributed by atoms with E-state index in [1.165, 1.54) is 0 Å². The first-order chi connectivity index (χ1) is 2.00. The van der Waals surface area contributed by atoms with Gasteiger partial charge in [-0.3, -0.25) is 0 Å². The fraction of sp³-hybridized carbons (Fsp3) is 0. The molecule has 0 aromatic rings. The molecule has 0 aliphatic carbocycles. The second-order valence-corrected chi connectivity index (χ2v) is 1.41. The summed E-state index contributed by atoms with van der Waals surface area (Å²) in [5.74, 6) is 0. The van der Waals surface area contributed by atoms with Crippen molar-refractivity contribution >= 4 is 7.82 Å². The van der Waals surface area contributed by atoms with Crippen LogP contribution < -0.4 is 39.3 Å². The number of phosphoric acid groups is 1. The third-order valence-corrected chi connectivity index (χ3v) is 0. The second-order valence-electron chi connectivity index (χ2n) is 0.469. The third-order valence-electron chi connectivity index (χ3n) is 0. The minimum Gasteiger partial charge on any atom is -2.00 e. The van der Waals surface area contributed by atoms with Crippen LogP contribution in [0, 0.1) is 0 Å². The summed E-state index contributed by atoms with van der Waals surface area (Å²) >= 11 is 0. The Hall–Kier alpha value is 1.59. The fourth-order valence-electron chi connectivity index (χ4n) is 0. The molecule has 0 bridgehead atoms. The van der Waals surface area contributed by atoms with Crippen molar-refractivity contribution in [1.82, 2.24) is 0 Å². The van der Waals surface area contributed by atoms with Crippen LogP contribution in [0.25, 0.3) is 0 Å². The molecule has 0 heterocycles. The van der Waals surface area contributed by atoms with E-state index in [-0.39, 0.29) is 52.1 Å². The molecule has 0 saturated heterocycles. The first-order valence-electron chi connectivity index (χ1n) is 0.748. The van der Waals surface area contributed by atoms with Crippen molar-refractivity contribution < 1.29 is 71.3 Å². The molecule has 0 unspecified atom stereocenters. The van der Waals surface area contributed by atoms with Crippen molar-refractivity contribution in [2.75, 3.05) is 0 Å². The maximum absolute atomic E-state index is 8.66. The summed E-state index contributed by atoms with van der Waals surface area (Å²) in [6.45, 7) is 0. The zero-order valence-electron chi connectivity index (χ0n) is 3.88. The van der Waals surface area contributed by atoms with Crippen LogP contribution in [-0.2, 0) is 27.1 Å². The standard InChI is InChI=1S/Fe.Na.H3O4P.O/c;;1-5(2,3)4;/h;;(H3,1,2,3,4);/q+3;+1;;-2/p-2. The minimum absolute atomic E-state index is 0. The van der Waals surface area contributed by atoms with Gasteiger partial charge in [0.2, 0.25) is 0 Å². The van der Waals surface area contributed by atoms with Crippen molar-refractivity contribution in [2.24, 2.45) is 0 Å². The van der Waals surface area contributed by atoms with E-state index < -0.39 is 7.82 Å². The molecule has 0 saturated carbocycles. The molecular formula is HFeNaO5P. The van der Waals surface area contributed by atoms with Crippen molar-refractivity contribution in [1.29, 1.82) is 0 Å². The van der Waals surface area contributed by atoms with Gasteiger partial charge >= 0.3 is 46.6 Å². The van der Waals surface area contributed by atoms with Gasteiger partial charge in [0.25, 0.3) is 0 Å². The molecule has 5 nitrogen and oxygen atoms in total. The first kappa shape index (κ1) is 22.6. The minimum atomic E-state index is -5.14. The summed E-state index contributed by atoms with van der Waals surface area (Å²) < 4.78 is 8.66. The van der Waals surface area contributed by atoms with Crippen molar-refractivity contribution in [2.45, 2.75) is 0 Å². The van der Waals surface area contributed by atoms with Crippen LogP contribution in [0.1, 0.15) is 0 Å². The van der Waals surface area contributed by atoms with Crippen LogP contribution in [0.3, 0.4) is 0 Å². The van der Waals surface area contributed by atoms with Crippen LogP contribution >= 0.6 is 7.82 Å². The Morgan fingerprint density at radius 3 is 1.38 bits per heavy atom. The summed E-state index contributed by atoms with van der Waals surface area (Å²) in [5, 5.41) is 0. The van der Waals surface area contributed by atoms with E-state index in [0.29, 0.717) is 0 Å². The molecule has 0 aliphatic rings. The Labute approximate surface area is 78.8 Å². The SMILES string of the molecule is O=P([O-])([O-])O.[Fe+3].[Na+].[O-2]. The van der Waals surface area contributed by atoms with E-state index in [2.05, 4.69) is 0 Å². The van der Waals surface area contributed by atoms with Gasteiger partial charge in [-0.2, -0.15) is 0 Å². The van der Waals surface area contributed by atoms with E-state index in [9.17, 15) is 0 Å². The van der Waals surface area contributed by atoms with Gasteiger partial charge in [0.1, 0.15) is 0 Å². The Kier molecular flexibility index (Phi) is 24.3. The van der Waals surface area contributed by atoms with Gasteiger partial charge in [-0.25, -0.2) is 0 Å². The molecule has 0 aromatic carbocycles. The summed E-state index contributed by atoms with van der Waals surface area (Å²) in [7, 11) is -5.14. The fourth-order valence-corrected chi connectivity index (χ4v) is 0. The maximum Gasteiger partial charge on any atom is 3.00 e. The Morgan fingerprint density at radius 1 is 1.38 bits per heavy atom. The normalized spacial score (nSPS) is 7.38. The van der Waals surface area contributed by atoms with Crippen molar-refractivity contribution in [3.63, 3.8) is 0 Å². The van der Waals surface area contributed by atoms with Gasteiger partial charge in [0.15, 0.2) is 0 Å². The molecule has 1 N–H and O–H groups in total. The molecule has 0 fully saturated rings. The number of hydrogen-bond acceptors (Lipinski definition) is 3. The van der Waals surface area contributed by atoms with Crippen LogP contribution in [0.15, 0.2) is 0 Å². The second kappa shape index (κ2) is 8.59. The number of rotatable bonds is 0. The molecule has 0 spiro atoms. The van der Waals surface area contributed by atoms with Crippen LogP contribution in [0.4, 0.5) is 0 Å². The molecule has 8 heteroatoms. The molecule has 45 valence electrons. The smallest absolute Gasteiger partial charge is 2.00 e. The Balaban J connectivity index is -0.0000000267. The van der Waals surface area contributed by atoms with Gasteiger partial charge in [-0.15, -0.1) is 0 Å². The first-order valence-corrected chi connectivity index (χ1v) is 2.24. The summed E-state index contributed by atoms with van der Waals surface area (Å²) in [5.41, 5.74) is 0. The number of hydrogen-bond donors (Lipinski definition) is 1. The summed E-state index contributed by atoms with van der Waals surface area (Å²) in [6.07, 6.45) is 0. The average Bonchev–Trinajstić information content (AvgIpc) is 0.722. The van der Waals surface area contributed by atoms with E-state index in [0.717, 1.165) is 0 Å². The van der Waals surface area contributed by atoms with Gasteiger partial charge in [0, 0.05) is 0 Å². The van der Waals surface area contributed by atoms with Crippen LogP contribution in [0.5, 0.6) is 0 Å². The predicted molar refractivity (Wildman–Crippen MR) is 10.5 cm³/mol. The maximum atomic E-state index is 8.66. The topological polar surface area (TPSA) is 112 Å². The molecular weight excluding hydrogens is 190 g/mol. The molecule has 0 rings (SSSR count). The van der Waals surface area contributed by atoms with Gasteiger partial charge in [0.05, 0.1) is 7.82 Å². The van der Waals surface area contributed by atoms with Crippen LogP contribution in [0.2, 0.25) is 0 Å². The van der Waals surface area contributed by atoms with Crippen molar-refractivity contribution in [3.05, 3.63) is 0 Å². The van der Waals surface area contributed by atoms with E-state index >= 15 is 0 Å². The largest absolute Gasteiger partial charge is 3.00 e.